The molecule has 0 bridgehead atoms. The van der Waals surface area contributed by atoms with Gasteiger partial charge >= 0.3 is 5.97 Å². The number of hydrogen-bond donors (Lipinski definition) is 2. The van der Waals surface area contributed by atoms with Gasteiger partial charge in [0.15, 0.2) is 6.61 Å². The Hall–Kier alpha value is -1.16. The van der Waals surface area contributed by atoms with Crippen molar-refractivity contribution in [3.8, 4) is 0 Å². The van der Waals surface area contributed by atoms with Crippen molar-refractivity contribution in [3.63, 3.8) is 0 Å². The van der Waals surface area contributed by atoms with Crippen LogP contribution in [0, 0.1) is 5.92 Å². The van der Waals surface area contributed by atoms with Gasteiger partial charge in [0, 0.05) is 11.0 Å². The second-order valence-corrected chi connectivity index (χ2v) is 8.32. The van der Waals surface area contributed by atoms with E-state index in [1.807, 2.05) is 13.8 Å². The highest BCUT2D eigenvalue weighted by Crippen LogP contribution is 2.24. The van der Waals surface area contributed by atoms with Crippen molar-refractivity contribution in [2.75, 3.05) is 19.7 Å². The molecule has 0 aromatic heterocycles. The van der Waals surface area contributed by atoms with Gasteiger partial charge < -0.3 is 10.1 Å². The predicted octanol–water partition coefficient (Wildman–Crippen LogP) is 1.70. The Bertz CT molecular complexity index is 709. The molecule has 134 valence electrons. The largest absolute Gasteiger partial charge is 0.455 e. The number of esters is 1. The molecule has 1 rings (SSSR count). The van der Waals surface area contributed by atoms with Crippen LogP contribution >= 0.6 is 27.5 Å². The zero-order valence-corrected chi connectivity index (χ0v) is 16.3. The van der Waals surface area contributed by atoms with Crippen LogP contribution in [0.5, 0.6) is 0 Å². The van der Waals surface area contributed by atoms with Gasteiger partial charge in [-0.05, 0) is 24.1 Å². The summed E-state index contributed by atoms with van der Waals surface area (Å²) in [5.74, 6) is -1.05. The molecule has 0 saturated heterocycles. The highest BCUT2D eigenvalue weighted by atomic mass is 79.9. The first-order valence-corrected chi connectivity index (χ1v) is 9.64. The van der Waals surface area contributed by atoms with E-state index in [2.05, 4.69) is 26.0 Å². The van der Waals surface area contributed by atoms with E-state index in [0.717, 1.165) is 0 Å². The molecule has 0 aliphatic carbocycles. The van der Waals surface area contributed by atoms with E-state index in [1.165, 1.54) is 18.2 Å². The van der Waals surface area contributed by atoms with Crippen LogP contribution in [0.1, 0.15) is 13.8 Å². The fourth-order valence-electron chi connectivity index (χ4n) is 1.49. The molecule has 0 saturated carbocycles. The fraction of sp³-hybridized carbons (Fsp3) is 0.429. The van der Waals surface area contributed by atoms with Crippen LogP contribution < -0.4 is 10.0 Å². The highest BCUT2D eigenvalue weighted by Gasteiger charge is 2.19. The van der Waals surface area contributed by atoms with Gasteiger partial charge in [0.05, 0.1) is 5.02 Å². The van der Waals surface area contributed by atoms with Crippen LogP contribution in [0.25, 0.3) is 0 Å². The minimum Gasteiger partial charge on any atom is -0.455 e. The number of carbonyl (C=O) groups excluding carboxylic acids is 2. The minimum atomic E-state index is -3.97. The molecule has 0 spiro atoms. The Morgan fingerprint density at radius 3 is 2.58 bits per heavy atom. The average Bonchev–Trinajstić information content (AvgIpc) is 2.48. The molecule has 10 heteroatoms. The zero-order valence-electron chi connectivity index (χ0n) is 13.1. The van der Waals surface area contributed by atoms with Gasteiger partial charge in [-0.2, -0.15) is 4.72 Å². The zero-order chi connectivity index (χ0) is 18.3. The van der Waals surface area contributed by atoms with E-state index in [1.54, 1.807) is 0 Å². The molecule has 0 heterocycles. The lowest BCUT2D eigenvalue weighted by Crippen LogP contribution is -2.35. The van der Waals surface area contributed by atoms with E-state index in [4.69, 9.17) is 16.3 Å². The first-order valence-electron chi connectivity index (χ1n) is 6.99. The summed E-state index contributed by atoms with van der Waals surface area (Å²) in [5, 5.41) is 2.58. The third kappa shape index (κ3) is 7.16. The smallest absolute Gasteiger partial charge is 0.321 e. The Morgan fingerprint density at radius 1 is 1.33 bits per heavy atom. The summed E-state index contributed by atoms with van der Waals surface area (Å²) in [5.41, 5.74) is 0. The molecule has 2 N–H and O–H groups in total. The lowest BCUT2D eigenvalue weighted by molar-refractivity contribution is -0.147. The van der Waals surface area contributed by atoms with Crippen molar-refractivity contribution in [2.24, 2.45) is 5.92 Å². The molecule has 0 fully saturated rings. The first-order chi connectivity index (χ1) is 11.1. The maximum Gasteiger partial charge on any atom is 0.321 e. The number of nitrogens with one attached hydrogen (secondary N) is 2. The van der Waals surface area contributed by atoms with Crippen LogP contribution in [0.15, 0.2) is 27.6 Å². The third-order valence-corrected chi connectivity index (χ3v) is 5.04. The highest BCUT2D eigenvalue weighted by molar-refractivity contribution is 9.10. The fourth-order valence-corrected chi connectivity index (χ4v) is 3.50. The number of amides is 1. The minimum absolute atomic E-state index is 0.0123. The molecule has 0 aliphatic heterocycles. The lowest BCUT2D eigenvalue weighted by atomic mass is 10.2. The van der Waals surface area contributed by atoms with Crippen molar-refractivity contribution in [3.05, 3.63) is 27.7 Å². The van der Waals surface area contributed by atoms with Gasteiger partial charge in [-0.15, -0.1) is 0 Å². The van der Waals surface area contributed by atoms with E-state index < -0.39 is 35.1 Å². The predicted molar refractivity (Wildman–Crippen MR) is 93.1 cm³/mol. The lowest BCUT2D eigenvalue weighted by Gasteiger charge is -2.10. The number of sulfonamides is 1. The molecule has 1 aromatic rings. The Balaban J connectivity index is 2.50. The number of halogens is 2. The molecule has 24 heavy (non-hydrogen) atoms. The molecule has 0 unspecified atom stereocenters. The van der Waals surface area contributed by atoms with Crippen LogP contribution in [-0.2, 0) is 24.3 Å². The molecule has 0 aliphatic rings. The van der Waals surface area contributed by atoms with Gasteiger partial charge in [-0.1, -0.05) is 41.4 Å². The third-order valence-electron chi connectivity index (χ3n) is 2.66. The number of ether oxygens (including phenoxy) is 1. The van der Waals surface area contributed by atoms with Crippen molar-refractivity contribution < 1.29 is 22.7 Å². The summed E-state index contributed by atoms with van der Waals surface area (Å²) in [4.78, 5) is 22.8. The molecular weight excluding hydrogens is 424 g/mol. The van der Waals surface area contributed by atoms with Crippen LogP contribution in [0.4, 0.5) is 0 Å². The SMILES string of the molecule is CC(C)CNC(=O)COC(=O)CNS(=O)(=O)c1ccc(Br)cc1Cl. The molecule has 0 atom stereocenters. The van der Waals surface area contributed by atoms with Gasteiger partial charge in [0.1, 0.15) is 11.4 Å². The summed E-state index contributed by atoms with van der Waals surface area (Å²) < 4.78 is 31.6. The number of benzene rings is 1. The average molecular weight is 442 g/mol. The summed E-state index contributed by atoms with van der Waals surface area (Å²) in [6, 6.07) is 4.24. The topological polar surface area (TPSA) is 102 Å². The Kier molecular flexibility index (Phi) is 8.14. The van der Waals surface area contributed by atoms with E-state index in [9.17, 15) is 18.0 Å². The maximum atomic E-state index is 12.1. The summed E-state index contributed by atoms with van der Waals surface area (Å²) in [7, 11) is -3.97. The van der Waals surface area contributed by atoms with Crippen molar-refractivity contribution in [2.45, 2.75) is 18.7 Å². The summed E-state index contributed by atoms with van der Waals surface area (Å²) >= 11 is 9.04. The van der Waals surface area contributed by atoms with Crippen LogP contribution in [-0.4, -0.2) is 40.0 Å². The molecule has 7 nitrogen and oxygen atoms in total. The second kappa shape index (κ2) is 9.36. The normalized spacial score (nSPS) is 11.4. The van der Waals surface area contributed by atoms with E-state index in [-0.39, 0.29) is 15.8 Å². The van der Waals surface area contributed by atoms with Gasteiger partial charge in [-0.3, -0.25) is 9.59 Å². The molecule has 1 aromatic carbocycles. The van der Waals surface area contributed by atoms with E-state index >= 15 is 0 Å². The number of rotatable bonds is 8. The van der Waals surface area contributed by atoms with Crippen LogP contribution in [0.3, 0.4) is 0 Å². The van der Waals surface area contributed by atoms with Crippen LogP contribution in [0.2, 0.25) is 5.02 Å². The quantitative estimate of drug-likeness (QED) is 0.598. The van der Waals surface area contributed by atoms with Crippen molar-refractivity contribution in [1.82, 2.24) is 10.0 Å². The maximum absolute atomic E-state index is 12.1. The number of carbonyl (C=O) groups is 2. The van der Waals surface area contributed by atoms with Gasteiger partial charge in [0.25, 0.3) is 5.91 Å². The molecule has 1 amide bonds. The summed E-state index contributed by atoms with van der Waals surface area (Å²) in [6.45, 7) is 3.24. The van der Waals surface area contributed by atoms with Crippen molar-refractivity contribution >= 4 is 49.4 Å². The summed E-state index contributed by atoms with van der Waals surface area (Å²) in [6.07, 6.45) is 0. The molecule has 0 radical (unpaired) electrons. The number of hydrogen-bond acceptors (Lipinski definition) is 5. The van der Waals surface area contributed by atoms with Crippen molar-refractivity contribution in [1.29, 1.82) is 0 Å². The Labute approximate surface area is 154 Å². The second-order valence-electron chi connectivity index (χ2n) is 5.26. The van der Waals surface area contributed by atoms with E-state index in [0.29, 0.717) is 11.0 Å². The Morgan fingerprint density at radius 2 is 2.00 bits per heavy atom. The monoisotopic (exact) mass is 440 g/mol. The van der Waals surface area contributed by atoms with Gasteiger partial charge in [-0.25, -0.2) is 8.42 Å². The van der Waals surface area contributed by atoms with Gasteiger partial charge in [0.2, 0.25) is 10.0 Å². The first kappa shape index (κ1) is 20.9. The standard InChI is InChI=1S/C14H18BrClN2O5S/c1-9(2)6-17-13(19)8-23-14(20)7-18-24(21,22)12-4-3-10(15)5-11(12)16/h3-5,9,18H,6-8H2,1-2H3,(H,17,19). The molecular formula is C14H18BrClN2O5S.